The third-order valence-corrected chi connectivity index (χ3v) is 2.75. The lowest BCUT2D eigenvalue weighted by molar-refractivity contribution is 0.0467. The molecule has 17 heavy (non-hydrogen) atoms. The molecule has 6 heteroatoms. The number of rotatable bonds is 7. The minimum absolute atomic E-state index is 0.0386. The van der Waals surface area contributed by atoms with Crippen molar-refractivity contribution < 1.29 is 4.74 Å². The first kappa shape index (κ1) is 14.1. The van der Waals surface area contributed by atoms with Crippen LogP contribution >= 0.6 is 0 Å². The van der Waals surface area contributed by atoms with Crippen LogP contribution in [0.5, 0.6) is 0 Å². The van der Waals surface area contributed by atoms with E-state index in [1.165, 1.54) is 0 Å². The highest BCUT2D eigenvalue weighted by Gasteiger charge is 2.20. The van der Waals surface area contributed by atoms with Crippen LogP contribution in [0, 0.1) is 0 Å². The fourth-order valence-electron chi connectivity index (χ4n) is 1.79. The Morgan fingerprint density at radius 1 is 1.47 bits per heavy atom. The van der Waals surface area contributed by atoms with E-state index in [-0.39, 0.29) is 12.1 Å². The summed E-state index contributed by atoms with van der Waals surface area (Å²) in [5, 5.41) is 4.20. The van der Waals surface area contributed by atoms with Gasteiger partial charge in [0.05, 0.1) is 12.1 Å². The van der Waals surface area contributed by atoms with Crippen molar-refractivity contribution in [1.82, 2.24) is 20.2 Å². The Morgan fingerprint density at radius 3 is 2.71 bits per heavy atom. The van der Waals surface area contributed by atoms with Gasteiger partial charge in [-0.15, -0.1) is 0 Å². The summed E-state index contributed by atoms with van der Waals surface area (Å²) in [5.41, 5.74) is 2.78. The fraction of sp³-hybridized carbons (Fsp3) is 0.818. The normalized spacial score (nSPS) is 15.2. The summed E-state index contributed by atoms with van der Waals surface area (Å²) in [5.74, 6) is 6.48. The van der Waals surface area contributed by atoms with Gasteiger partial charge in [-0.3, -0.25) is 11.3 Å². The summed E-state index contributed by atoms with van der Waals surface area (Å²) >= 11 is 0. The Kier molecular flexibility index (Phi) is 5.54. The van der Waals surface area contributed by atoms with Gasteiger partial charge in [-0.05, 0) is 27.7 Å². The number of nitrogens with one attached hydrogen (secondary N) is 1. The highest BCUT2D eigenvalue weighted by molar-refractivity contribution is 4.92. The fourth-order valence-corrected chi connectivity index (χ4v) is 1.79. The molecule has 2 atom stereocenters. The minimum Gasteiger partial charge on any atom is -0.377 e. The molecule has 0 bridgehead atoms. The molecule has 98 valence electrons. The molecule has 2 unspecified atom stereocenters. The van der Waals surface area contributed by atoms with Gasteiger partial charge >= 0.3 is 0 Å². The smallest absolute Gasteiger partial charge is 0.138 e. The van der Waals surface area contributed by atoms with E-state index in [9.17, 15) is 0 Å². The van der Waals surface area contributed by atoms with Crippen LogP contribution in [0.2, 0.25) is 0 Å². The van der Waals surface area contributed by atoms with E-state index in [0.29, 0.717) is 19.1 Å². The summed E-state index contributed by atoms with van der Waals surface area (Å²) in [6.45, 7) is 8.81. The zero-order valence-electron chi connectivity index (χ0n) is 11.1. The van der Waals surface area contributed by atoms with E-state index in [4.69, 9.17) is 10.6 Å². The van der Waals surface area contributed by atoms with Crippen LogP contribution in [-0.2, 0) is 11.2 Å². The summed E-state index contributed by atoms with van der Waals surface area (Å²) in [7, 11) is 0. The monoisotopic (exact) mass is 241 g/mol. The second kappa shape index (κ2) is 6.68. The summed E-state index contributed by atoms with van der Waals surface area (Å²) in [4.78, 5) is 4.27. The van der Waals surface area contributed by atoms with Crippen molar-refractivity contribution in [2.75, 3.05) is 6.61 Å². The standard InChI is InChI=1S/C11H23N5O/c1-5-17-9(4)10(15-12)6-11-13-7-14-16(11)8(2)3/h7-10,15H,5-6,12H2,1-4H3. The molecule has 0 spiro atoms. The van der Waals surface area contributed by atoms with E-state index in [1.807, 2.05) is 18.5 Å². The quantitative estimate of drug-likeness (QED) is 0.541. The Bertz CT molecular complexity index is 325. The van der Waals surface area contributed by atoms with E-state index in [0.717, 1.165) is 5.82 Å². The molecule has 0 aliphatic heterocycles. The lowest BCUT2D eigenvalue weighted by Crippen LogP contribution is -2.46. The predicted octanol–water partition coefficient (Wildman–Crippen LogP) is 0.658. The molecule has 3 N–H and O–H groups in total. The van der Waals surface area contributed by atoms with E-state index >= 15 is 0 Å². The van der Waals surface area contributed by atoms with E-state index in [1.54, 1.807) is 6.33 Å². The van der Waals surface area contributed by atoms with Crippen LogP contribution in [0.1, 0.15) is 39.6 Å². The maximum atomic E-state index is 5.56. The third-order valence-electron chi connectivity index (χ3n) is 2.75. The largest absolute Gasteiger partial charge is 0.377 e. The van der Waals surface area contributed by atoms with Gasteiger partial charge in [0, 0.05) is 19.1 Å². The van der Waals surface area contributed by atoms with Crippen molar-refractivity contribution in [3.8, 4) is 0 Å². The van der Waals surface area contributed by atoms with Gasteiger partial charge in [-0.2, -0.15) is 5.10 Å². The Balaban J connectivity index is 2.70. The summed E-state index contributed by atoms with van der Waals surface area (Å²) < 4.78 is 7.45. The minimum atomic E-state index is 0.0386. The molecular weight excluding hydrogens is 218 g/mol. The maximum absolute atomic E-state index is 5.56. The second-order valence-corrected chi connectivity index (χ2v) is 4.35. The van der Waals surface area contributed by atoms with Gasteiger partial charge in [-0.1, -0.05) is 0 Å². The molecule has 1 aromatic heterocycles. The van der Waals surface area contributed by atoms with Crippen molar-refractivity contribution in [3.63, 3.8) is 0 Å². The molecule has 0 aromatic carbocycles. The Labute approximate surface area is 103 Å². The van der Waals surface area contributed by atoms with Crippen LogP contribution < -0.4 is 11.3 Å². The molecule has 0 aliphatic carbocycles. The van der Waals surface area contributed by atoms with Gasteiger partial charge < -0.3 is 4.74 Å². The summed E-state index contributed by atoms with van der Waals surface area (Å²) in [6.07, 6.45) is 2.33. The van der Waals surface area contributed by atoms with Gasteiger partial charge in [0.1, 0.15) is 12.2 Å². The Morgan fingerprint density at radius 2 is 2.18 bits per heavy atom. The lowest BCUT2D eigenvalue weighted by atomic mass is 10.1. The number of nitrogens with two attached hydrogens (primary N) is 1. The molecule has 1 heterocycles. The maximum Gasteiger partial charge on any atom is 0.138 e. The van der Waals surface area contributed by atoms with Crippen molar-refractivity contribution in [3.05, 3.63) is 12.2 Å². The molecule has 0 aliphatic rings. The lowest BCUT2D eigenvalue weighted by Gasteiger charge is -2.23. The molecule has 0 saturated heterocycles. The van der Waals surface area contributed by atoms with Crippen LogP contribution in [0.25, 0.3) is 0 Å². The van der Waals surface area contributed by atoms with Crippen LogP contribution in [-0.4, -0.2) is 33.5 Å². The third kappa shape index (κ3) is 3.76. The molecule has 1 rings (SSSR count). The zero-order chi connectivity index (χ0) is 12.8. The van der Waals surface area contributed by atoms with Gasteiger partial charge in [0.25, 0.3) is 0 Å². The summed E-state index contributed by atoms with van der Waals surface area (Å²) in [6, 6.07) is 0.338. The Hall–Kier alpha value is -0.980. The zero-order valence-corrected chi connectivity index (χ0v) is 11.1. The first-order chi connectivity index (χ1) is 8.10. The highest BCUT2D eigenvalue weighted by atomic mass is 16.5. The van der Waals surface area contributed by atoms with Crippen molar-refractivity contribution >= 4 is 0 Å². The molecule has 0 amide bonds. The first-order valence-corrected chi connectivity index (χ1v) is 6.06. The first-order valence-electron chi connectivity index (χ1n) is 6.06. The van der Waals surface area contributed by atoms with Crippen LogP contribution in [0.4, 0.5) is 0 Å². The SMILES string of the molecule is CCOC(C)C(Cc1ncnn1C(C)C)NN. The molecule has 0 fully saturated rings. The molecule has 0 saturated carbocycles. The van der Waals surface area contributed by atoms with Gasteiger partial charge in [-0.25, -0.2) is 9.67 Å². The van der Waals surface area contributed by atoms with E-state index < -0.39 is 0 Å². The molecule has 6 nitrogen and oxygen atoms in total. The number of hydrazine groups is 1. The number of ether oxygens (including phenoxy) is 1. The van der Waals surface area contributed by atoms with Crippen LogP contribution in [0.3, 0.4) is 0 Å². The number of hydrogen-bond donors (Lipinski definition) is 2. The predicted molar refractivity (Wildman–Crippen MR) is 66.3 cm³/mol. The van der Waals surface area contributed by atoms with Gasteiger partial charge in [0.15, 0.2) is 0 Å². The number of hydrogen-bond acceptors (Lipinski definition) is 5. The number of nitrogens with zero attached hydrogens (tertiary/aromatic N) is 3. The number of aromatic nitrogens is 3. The molecule has 1 aromatic rings. The topological polar surface area (TPSA) is 78.0 Å². The van der Waals surface area contributed by atoms with Crippen molar-refractivity contribution in [1.29, 1.82) is 0 Å². The van der Waals surface area contributed by atoms with Gasteiger partial charge in [0.2, 0.25) is 0 Å². The molecule has 0 radical (unpaired) electrons. The van der Waals surface area contributed by atoms with Crippen molar-refractivity contribution in [2.45, 2.75) is 52.3 Å². The highest BCUT2D eigenvalue weighted by Crippen LogP contribution is 2.10. The van der Waals surface area contributed by atoms with Crippen LogP contribution in [0.15, 0.2) is 6.33 Å². The average molecular weight is 241 g/mol. The average Bonchev–Trinajstić information content (AvgIpc) is 2.74. The second-order valence-electron chi connectivity index (χ2n) is 4.35. The van der Waals surface area contributed by atoms with Crippen molar-refractivity contribution in [2.24, 2.45) is 5.84 Å². The van der Waals surface area contributed by atoms with E-state index in [2.05, 4.69) is 29.4 Å². The molecular formula is C11H23N5O.